The van der Waals surface area contributed by atoms with Gasteiger partial charge < -0.3 is 14.4 Å². The molecule has 0 N–H and O–H groups in total. The number of nitrogens with zero attached hydrogens (tertiary/aromatic N) is 2. The molecule has 1 aliphatic rings. The predicted molar refractivity (Wildman–Crippen MR) is 80.1 cm³/mol. The molecule has 0 atom stereocenters. The van der Waals surface area contributed by atoms with Crippen molar-refractivity contribution in [2.45, 2.75) is 32.8 Å². The number of rotatable bonds is 6. The number of carbonyl (C=O) groups is 1. The summed E-state index contributed by atoms with van der Waals surface area (Å²) in [6, 6.07) is 4.65. The number of aryl methyl sites for hydroxylation is 1. The number of hydrogen-bond acceptors (Lipinski definition) is 5. The summed E-state index contributed by atoms with van der Waals surface area (Å²) in [6.45, 7) is 5.09. The van der Waals surface area contributed by atoms with Crippen LogP contribution < -0.4 is 4.74 Å². The number of hydrogen-bond donors (Lipinski definition) is 0. The van der Waals surface area contributed by atoms with Gasteiger partial charge in [0, 0.05) is 11.6 Å². The highest BCUT2D eigenvalue weighted by molar-refractivity contribution is 5.68. The second-order valence-corrected chi connectivity index (χ2v) is 5.32. The van der Waals surface area contributed by atoms with Crippen molar-refractivity contribution in [1.29, 1.82) is 0 Å². The lowest BCUT2D eigenvalue weighted by molar-refractivity contribution is -0.385. The Morgan fingerprint density at radius 1 is 1.45 bits per heavy atom. The zero-order valence-electron chi connectivity index (χ0n) is 12.8. The fourth-order valence-electron chi connectivity index (χ4n) is 2.16. The largest absolute Gasteiger partial charge is 0.487 e. The van der Waals surface area contributed by atoms with Crippen LogP contribution in [0, 0.1) is 17.0 Å². The van der Waals surface area contributed by atoms with Crippen LogP contribution >= 0.6 is 0 Å². The number of carbonyl (C=O) groups excluding carboxylic acids is 1. The van der Waals surface area contributed by atoms with Gasteiger partial charge in [0.15, 0.2) is 0 Å². The molecule has 0 aliphatic carbocycles. The van der Waals surface area contributed by atoms with Crippen LogP contribution in [0.4, 0.5) is 10.5 Å². The summed E-state index contributed by atoms with van der Waals surface area (Å²) >= 11 is 0. The third-order valence-electron chi connectivity index (χ3n) is 3.50. The fourth-order valence-corrected chi connectivity index (χ4v) is 2.16. The monoisotopic (exact) mass is 308 g/mol. The summed E-state index contributed by atoms with van der Waals surface area (Å²) in [4.78, 5) is 23.6. The minimum atomic E-state index is -0.420. The molecule has 1 fully saturated rings. The molecule has 0 spiro atoms. The van der Waals surface area contributed by atoms with Gasteiger partial charge in [-0.1, -0.05) is 13.3 Å². The van der Waals surface area contributed by atoms with Crippen molar-refractivity contribution in [3.8, 4) is 5.75 Å². The van der Waals surface area contributed by atoms with E-state index in [-0.39, 0.29) is 17.9 Å². The average Bonchev–Trinajstić information content (AvgIpc) is 2.42. The zero-order chi connectivity index (χ0) is 16.1. The summed E-state index contributed by atoms with van der Waals surface area (Å²) in [6.07, 6.45) is 1.44. The first-order valence-electron chi connectivity index (χ1n) is 7.34. The number of likely N-dealkylation sites (tertiary alicyclic amines) is 1. The summed E-state index contributed by atoms with van der Waals surface area (Å²) in [5, 5.41) is 10.8. The lowest BCUT2D eigenvalue weighted by Gasteiger charge is -2.38. The molecule has 0 aromatic heterocycles. The van der Waals surface area contributed by atoms with E-state index in [1.165, 1.54) is 6.07 Å². The second-order valence-electron chi connectivity index (χ2n) is 5.32. The van der Waals surface area contributed by atoms with E-state index >= 15 is 0 Å². The van der Waals surface area contributed by atoms with E-state index in [4.69, 9.17) is 9.47 Å². The van der Waals surface area contributed by atoms with E-state index in [0.29, 0.717) is 31.0 Å². The topological polar surface area (TPSA) is 81.9 Å². The van der Waals surface area contributed by atoms with Crippen LogP contribution in [0.5, 0.6) is 5.75 Å². The number of ether oxygens (including phenoxy) is 2. The van der Waals surface area contributed by atoms with Crippen molar-refractivity contribution in [1.82, 2.24) is 4.90 Å². The minimum absolute atomic E-state index is 0.0714. The Labute approximate surface area is 129 Å². The van der Waals surface area contributed by atoms with E-state index in [1.54, 1.807) is 24.0 Å². The molecule has 1 heterocycles. The highest BCUT2D eigenvalue weighted by Crippen LogP contribution is 2.25. The predicted octanol–water partition coefficient (Wildman–Crippen LogP) is 2.90. The lowest BCUT2D eigenvalue weighted by atomic mass is 10.1. The van der Waals surface area contributed by atoms with E-state index in [1.807, 2.05) is 6.92 Å². The molecule has 7 heteroatoms. The number of amides is 1. The van der Waals surface area contributed by atoms with Gasteiger partial charge >= 0.3 is 6.09 Å². The Morgan fingerprint density at radius 3 is 2.77 bits per heavy atom. The maximum Gasteiger partial charge on any atom is 0.410 e. The normalized spacial score (nSPS) is 14.4. The maximum atomic E-state index is 11.6. The molecule has 2 rings (SSSR count). The summed E-state index contributed by atoms with van der Waals surface area (Å²) in [7, 11) is 0. The average molecular weight is 308 g/mol. The molecule has 0 unspecified atom stereocenters. The number of nitro benzene ring substituents is 1. The Kier molecular flexibility index (Phi) is 5.19. The van der Waals surface area contributed by atoms with Crippen LogP contribution in [-0.4, -0.2) is 41.7 Å². The van der Waals surface area contributed by atoms with Gasteiger partial charge in [-0.2, -0.15) is 0 Å². The minimum Gasteiger partial charge on any atom is -0.487 e. The number of unbranched alkanes of at least 4 members (excludes halogenated alkanes) is 1. The summed E-state index contributed by atoms with van der Waals surface area (Å²) in [5.74, 6) is 0.576. The van der Waals surface area contributed by atoms with Crippen molar-refractivity contribution in [3.05, 3.63) is 33.9 Å². The lowest BCUT2D eigenvalue weighted by Crippen LogP contribution is -2.56. The molecule has 0 radical (unpaired) electrons. The van der Waals surface area contributed by atoms with Gasteiger partial charge in [-0.05, 0) is 25.5 Å². The van der Waals surface area contributed by atoms with Crippen LogP contribution in [0.15, 0.2) is 18.2 Å². The zero-order valence-corrected chi connectivity index (χ0v) is 12.8. The van der Waals surface area contributed by atoms with Crippen LogP contribution in [0.2, 0.25) is 0 Å². The van der Waals surface area contributed by atoms with Crippen molar-refractivity contribution < 1.29 is 19.2 Å². The maximum absolute atomic E-state index is 11.6. The highest BCUT2D eigenvalue weighted by atomic mass is 16.6. The Morgan fingerprint density at radius 2 is 2.18 bits per heavy atom. The quantitative estimate of drug-likeness (QED) is 0.458. The Balaban J connectivity index is 1.79. The van der Waals surface area contributed by atoms with E-state index in [0.717, 1.165) is 12.8 Å². The van der Waals surface area contributed by atoms with Crippen LogP contribution in [0.25, 0.3) is 0 Å². The van der Waals surface area contributed by atoms with Gasteiger partial charge in [-0.25, -0.2) is 4.79 Å². The smallest absolute Gasteiger partial charge is 0.410 e. The van der Waals surface area contributed by atoms with Gasteiger partial charge in [0.2, 0.25) is 0 Å². The molecule has 1 aliphatic heterocycles. The first kappa shape index (κ1) is 16.1. The van der Waals surface area contributed by atoms with Crippen molar-refractivity contribution in [3.63, 3.8) is 0 Å². The highest BCUT2D eigenvalue weighted by Gasteiger charge is 2.33. The molecule has 1 amide bonds. The molecular formula is C15H20N2O5. The fraction of sp³-hybridized carbons (Fsp3) is 0.533. The SMILES string of the molecule is CCCCOC(=O)N1CC(Oc2ccc([N+](=O)[O-])c(C)c2)C1. The third kappa shape index (κ3) is 3.87. The molecular weight excluding hydrogens is 288 g/mol. The first-order valence-corrected chi connectivity index (χ1v) is 7.34. The molecule has 1 aromatic rings. The van der Waals surface area contributed by atoms with Crippen molar-refractivity contribution in [2.75, 3.05) is 19.7 Å². The van der Waals surface area contributed by atoms with E-state index in [2.05, 4.69) is 0 Å². The molecule has 1 aromatic carbocycles. The van der Waals surface area contributed by atoms with Crippen molar-refractivity contribution >= 4 is 11.8 Å². The third-order valence-corrected chi connectivity index (χ3v) is 3.50. The van der Waals surface area contributed by atoms with Gasteiger partial charge in [-0.3, -0.25) is 10.1 Å². The molecule has 120 valence electrons. The molecule has 22 heavy (non-hydrogen) atoms. The number of nitro groups is 1. The standard InChI is InChI=1S/C15H20N2O5/c1-3-4-7-21-15(18)16-9-13(10-16)22-12-5-6-14(17(19)20)11(2)8-12/h5-6,8,13H,3-4,7,9-10H2,1-2H3. The van der Waals surface area contributed by atoms with Gasteiger partial charge in [0.25, 0.3) is 5.69 Å². The van der Waals surface area contributed by atoms with Crippen molar-refractivity contribution in [2.24, 2.45) is 0 Å². The Hall–Kier alpha value is -2.31. The number of benzene rings is 1. The van der Waals surface area contributed by atoms with Gasteiger partial charge in [0.05, 0.1) is 24.6 Å². The molecule has 7 nitrogen and oxygen atoms in total. The van der Waals surface area contributed by atoms with Crippen LogP contribution in [0.3, 0.4) is 0 Å². The summed E-state index contributed by atoms with van der Waals surface area (Å²) in [5.41, 5.74) is 0.625. The van der Waals surface area contributed by atoms with E-state index in [9.17, 15) is 14.9 Å². The second kappa shape index (κ2) is 7.11. The van der Waals surface area contributed by atoms with Crippen LogP contribution in [-0.2, 0) is 4.74 Å². The molecule has 0 bridgehead atoms. The summed E-state index contributed by atoms with van der Waals surface area (Å²) < 4.78 is 10.8. The van der Waals surface area contributed by atoms with Gasteiger partial charge in [0.1, 0.15) is 11.9 Å². The van der Waals surface area contributed by atoms with E-state index < -0.39 is 4.92 Å². The van der Waals surface area contributed by atoms with Gasteiger partial charge in [-0.15, -0.1) is 0 Å². The molecule has 1 saturated heterocycles. The first-order chi connectivity index (χ1) is 10.5. The van der Waals surface area contributed by atoms with Crippen LogP contribution in [0.1, 0.15) is 25.3 Å². The molecule has 0 saturated carbocycles. The Bertz CT molecular complexity index is 555.